The zero-order chi connectivity index (χ0) is 22.8. The van der Waals surface area contributed by atoms with Crippen LogP contribution in [0.15, 0.2) is 29.1 Å². The molecule has 1 fully saturated rings. The van der Waals surface area contributed by atoms with Gasteiger partial charge in [-0.15, -0.1) is 0 Å². The predicted molar refractivity (Wildman–Crippen MR) is 125 cm³/mol. The van der Waals surface area contributed by atoms with Crippen molar-refractivity contribution in [2.75, 3.05) is 22.1 Å². The van der Waals surface area contributed by atoms with Crippen LogP contribution in [0.3, 0.4) is 0 Å². The molecule has 8 heteroatoms. The van der Waals surface area contributed by atoms with E-state index >= 15 is 0 Å². The Hall–Kier alpha value is -3.16. The summed E-state index contributed by atoms with van der Waals surface area (Å²) in [7, 11) is 0. The predicted octanol–water partition coefficient (Wildman–Crippen LogP) is 3.73. The van der Waals surface area contributed by atoms with Gasteiger partial charge in [0.25, 0.3) is 5.56 Å². The van der Waals surface area contributed by atoms with Crippen LogP contribution in [0.25, 0.3) is 0 Å². The molecule has 0 saturated carbocycles. The maximum atomic E-state index is 13.1. The Bertz CT molecular complexity index is 1060. The summed E-state index contributed by atoms with van der Waals surface area (Å²) in [6.45, 7) is 7.14. The quantitative estimate of drug-likeness (QED) is 0.661. The monoisotopic (exact) mass is 437 g/mol. The first-order valence-electron chi connectivity index (χ1n) is 11.5. The standard InChI is InChI=1S/C24H31N5O3/c1-4-17-7-5-6-12-29(17)24-27-21-20(23(32)28-24)18(13-19(30)26-21)22(31)25-16-10-8-15(9-11-16)14(2)3/h8-11,14,17-18H,4-7,12-13H2,1-3H3,(H,25,31)(H2,26,27,28,30,32)/t17-,18-/m1/s1. The minimum Gasteiger partial charge on any atom is -0.339 e. The Morgan fingerprint density at radius 1 is 1.22 bits per heavy atom. The molecule has 1 aromatic heterocycles. The summed E-state index contributed by atoms with van der Waals surface area (Å²) in [5.74, 6) is -0.552. The van der Waals surface area contributed by atoms with Crippen LogP contribution in [-0.4, -0.2) is 34.4 Å². The minimum atomic E-state index is -0.892. The van der Waals surface area contributed by atoms with Crippen molar-refractivity contribution in [1.29, 1.82) is 0 Å². The average Bonchev–Trinajstić information content (AvgIpc) is 2.78. The molecule has 2 aliphatic rings. The number of aromatic amines is 1. The largest absolute Gasteiger partial charge is 0.339 e. The van der Waals surface area contributed by atoms with Crippen molar-refractivity contribution >= 4 is 29.3 Å². The molecular formula is C24H31N5O3. The first kappa shape index (κ1) is 22.0. The molecule has 3 N–H and O–H groups in total. The Balaban J connectivity index is 1.61. The zero-order valence-electron chi connectivity index (χ0n) is 18.9. The number of hydrogen-bond acceptors (Lipinski definition) is 5. The van der Waals surface area contributed by atoms with Crippen LogP contribution in [-0.2, 0) is 9.59 Å². The van der Waals surface area contributed by atoms with Crippen LogP contribution in [0.1, 0.15) is 75.8 Å². The lowest BCUT2D eigenvalue weighted by Crippen LogP contribution is -2.43. The summed E-state index contributed by atoms with van der Waals surface area (Å²) in [6.07, 6.45) is 4.10. The highest BCUT2D eigenvalue weighted by atomic mass is 16.2. The molecule has 2 aliphatic heterocycles. The van der Waals surface area contributed by atoms with Gasteiger partial charge in [-0.3, -0.25) is 19.4 Å². The highest BCUT2D eigenvalue weighted by Gasteiger charge is 2.35. The summed E-state index contributed by atoms with van der Waals surface area (Å²) in [6, 6.07) is 7.90. The fourth-order valence-corrected chi connectivity index (χ4v) is 4.60. The van der Waals surface area contributed by atoms with E-state index in [1.807, 2.05) is 24.3 Å². The normalized spacial score (nSPS) is 20.6. The molecule has 0 bridgehead atoms. The number of anilines is 3. The molecule has 0 aliphatic carbocycles. The van der Waals surface area contributed by atoms with Gasteiger partial charge in [0.05, 0.1) is 11.5 Å². The topological polar surface area (TPSA) is 107 Å². The molecule has 8 nitrogen and oxygen atoms in total. The van der Waals surface area contributed by atoms with Gasteiger partial charge in [0.15, 0.2) is 0 Å². The van der Waals surface area contributed by atoms with Crippen molar-refractivity contribution < 1.29 is 9.59 Å². The van der Waals surface area contributed by atoms with E-state index in [4.69, 9.17) is 0 Å². The first-order valence-corrected chi connectivity index (χ1v) is 11.5. The Morgan fingerprint density at radius 2 is 1.97 bits per heavy atom. The van der Waals surface area contributed by atoms with Crippen LogP contribution < -0.4 is 21.1 Å². The maximum Gasteiger partial charge on any atom is 0.258 e. The van der Waals surface area contributed by atoms with Crippen molar-refractivity contribution in [3.05, 3.63) is 45.7 Å². The van der Waals surface area contributed by atoms with E-state index in [0.717, 1.165) is 32.2 Å². The second-order valence-electron chi connectivity index (χ2n) is 8.97. The molecule has 2 aromatic rings. The fraction of sp³-hybridized carbons (Fsp3) is 0.500. The number of piperidine rings is 1. The van der Waals surface area contributed by atoms with E-state index in [1.54, 1.807) is 0 Å². The summed E-state index contributed by atoms with van der Waals surface area (Å²) < 4.78 is 0. The van der Waals surface area contributed by atoms with Gasteiger partial charge in [0.2, 0.25) is 17.8 Å². The number of H-pyrrole nitrogens is 1. The molecule has 1 saturated heterocycles. The van der Waals surface area contributed by atoms with Gasteiger partial charge in [0.1, 0.15) is 5.82 Å². The lowest BCUT2D eigenvalue weighted by Gasteiger charge is -2.36. The van der Waals surface area contributed by atoms with Crippen LogP contribution in [0, 0.1) is 0 Å². The third kappa shape index (κ3) is 4.40. The smallest absolute Gasteiger partial charge is 0.258 e. The van der Waals surface area contributed by atoms with Crippen molar-refractivity contribution in [3.8, 4) is 0 Å². The summed E-state index contributed by atoms with van der Waals surface area (Å²) in [4.78, 5) is 48.1. The number of fused-ring (bicyclic) bond motifs is 1. The van der Waals surface area contributed by atoms with E-state index in [2.05, 4.69) is 46.3 Å². The van der Waals surface area contributed by atoms with Gasteiger partial charge in [0, 0.05) is 24.7 Å². The van der Waals surface area contributed by atoms with Crippen LogP contribution >= 0.6 is 0 Å². The van der Waals surface area contributed by atoms with Gasteiger partial charge in [-0.05, 0) is 49.3 Å². The lowest BCUT2D eigenvalue weighted by molar-refractivity contribution is -0.123. The van der Waals surface area contributed by atoms with E-state index in [0.29, 0.717) is 23.6 Å². The highest BCUT2D eigenvalue weighted by molar-refractivity contribution is 6.04. The van der Waals surface area contributed by atoms with E-state index in [9.17, 15) is 14.4 Å². The zero-order valence-corrected chi connectivity index (χ0v) is 18.9. The highest BCUT2D eigenvalue weighted by Crippen LogP contribution is 2.32. The number of aromatic nitrogens is 2. The molecule has 0 unspecified atom stereocenters. The van der Waals surface area contributed by atoms with Gasteiger partial charge in [-0.2, -0.15) is 4.98 Å². The van der Waals surface area contributed by atoms with Crippen molar-refractivity contribution in [3.63, 3.8) is 0 Å². The summed E-state index contributed by atoms with van der Waals surface area (Å²) in [5, 5.41) is 5.56. The van der Waals surface area contributed by atoms with E-state index < -0.39 is 5.92 Å². The second kappa shape index (κ2) is 9.14. The molecule has 2 amide bonds. The number of amides is 2. The van der Waals surface area contributed by atoms with Crippen LogP contribution in [0.2, 0.25) is 0 Å². The second-order valence-corrected chi connectivity index (χ2v) is 8.97. The Labute approximate surface area is 187 Å². The number of nitrogens with zero attached hydrogens (tertiary/aromatic N) is 2. The molecule has 170 valence electrons. The molecule has 3 heterocycles. The summed E-state index contributed by atoms with van der Waals surface area (Å²) >= 11 is 0. The number of rotatable bonds is 5. The molecular weight excluding hydrogens is 406 g/mol. The van der Waals surface area contributed by atoms with Crippen molar-refractivity contribution in [2.24, 2.45) is 0 Å². The molecule has 4 rings (SSSR count). The molecule has 1 aromatic carbocycles. The van der Waals surface area contributed by atoms with E-state index in [-0.39, 0.29) is 35.2 Å². The van der Waals surface area contributed by atoms with Gasteiger partial charge >= 0.3 is 0 Å². The van der Waals surface area contributed by atoms with Crippen LogP contribution in [0.5, 0.6) is 0 Å². The molecule has 0 spiro atoms. The molecule has 32 heavy (non-hydrogen) atoms. The molecule has 2 atom stereocenters. The summed E-state index contributed by atoms with van der Waals surface area (Å²) in [5.41, 5.74) is 1.64. The number of carbonyl (C=O) groups excluding carboxylic acids is 2. The fourth-order valence-electron chi connectivity index (χ4n) is 4.60. The third-order valence-corrected chi connectivity index (χ3v) is 6.47. The lowest BCUT2D eigenvalue weighted by atomic mass is 9.92. The Kier molecular flexibility index (Phi) is 6.30. The van der Waals surface area contributed by atoms with Crippen molar-refractivity contribution in [2.45, 2.75) is 70.8 Å². The number of benzene rings is 1. The van der Waals surface area contributed by atoms with Gasteiger partial charge in [-0.1, -0.05) is 32.9 Å². The third-order valence-electron chi connectivity index (χ3n) is 6.47. The SMILES string of the molecule is CC[C@@H]1CCCCN1c1nc2c(c(=O)[nH]1)[C@H](C(=O)Nc1ccc(C(C)C)cc1)CC(=O)N2. The number of carbonyl (C=O) groups is 2. The van der Waals surface area contributed by atoms with E-state index in [1.165, 1.54) is 5.56 Å². The Morgan fingerprint density at radius 3 is 2.66 bits per heavy atom. The molecule has 0 radical (unpaired) electrons. The average molecular weight is 438 g/mol. The van der Waals surface area contributed by atoms with Crippen LogP contribution in [0.4, 0.5) is 17.5 Å². The van der Waals surface area contributed by atoms with Gasteiger partial charge < -0.3 is 15.5 Å². The van der Waals surface area contributed by atoms with Gasteiger partial charge in [-0.25, -0.2) is 0 Å². The minimum absolute atomic E-state index is 0.0890. The number of nitrogens with one attached hydrogen (secondary N) is 3. The first-order chi connectivity index (χ1) is 15.4. The number of hydrogen-bond donors (Lipinski definition) is 3. The van der Waals surface area contributed by atoms with Crippen molar-refractivity contribution in [1.82, 2.24) is 9.97 Å². The maximum absolute atomic E-state index is 13.1.